The molecule has 0 saturated carbocycles. The number of hydrogen-bond donors (Lipinski definition) is 5. The number of esters is 3. The van der Waals surface area contributed by atoms with Crippen LogP contribution in [0.5, 0.6) is 0 Å². The zero-order chi connectivity index (χ0) is 36.7. The Balaban J connectivity index is 1.38. The predicted molar refractivity (Wildman–Crippen MR) is 181 cm³/mol. The number of aliphatic hydroxyl groups is 5. The Morgan fingerprint density at radius 1 is 0.980 bits per heavy atom. The molecule has 13 heteroatoms. The molecule has 0 radical (unpaired) electrons. The Kier molecular flexibility index (Phi) is 11.1. The van der Waals surface area contributed by atoms with Gasteiger partial charge >= 0.3 is 17.9 Å². The van der Waals surface area contributed by atoms with Crippen molar-refractivity contribution in [1.29, 1.82) is 0 Å². The minimum Gasteiger partial charge on any atom is -0.458 e. The summed E-state index contributed by atoms with van der Waals surface area (Å²) in [4.78, 5) is 42.9. The molecule has 4 fully saturated rings. The largest absolute Gasteiger partial charge is 0.458 e. The molecule has 4 saturated heterocycles. The predicted octanol–water partition coefficient (Wildman–Crippen LogP) is 1.24. The summed E-state index contributed by atoms with van der Waals surface area (Å²) in [5, 5.41) is 53.0. The molecule has 0 aromatic carbocycles. The van der Waals surface area contributed by atoms with Gasteiger partial charge < -0.3 is 49.4 Å². The van der Waals surface area contributed by atoms with E-state index in [0.29, 0.717) is 43.3 Å². The van der Waals surface area contributed by atoms with Crippen LogP contribution in [0.25, 0.3) is 0 Å². The highest BCUT2D eigenvalue weighted by molar-refractivity contribution is 5.88. The lowest BCUT2D eigenvalue weighted by Gasteiger charge is -2.50. The van der Waals surface area contributed by atoms with E-state index < -0.39 is 90.4 Å². The number of allylic oxidation sites excluding steroid dienone is 2. The first kappa shape index (κ1) is 37.6. The van der Waals surface area contributed by atoms with Crippen molar-refractivity contribution in [3.05, 3.63) is 58.7 Å². The zero-order valence-corrected chi connectivity index (χ0v) is 29.4. The fraction of sp³-hybridized carbons (Fsp3) is 0.658. The van der Waals surface area contributed by atoms with E-state index in [2.05, 4.69) is 12.7 Å². The number of piperidine rings is 1. The summed E-state index contributed by atoms with van der Waals surface area (Å²) < 4.78 is 24.4. The quantitative estimate of drug-likeness (QED) is 0.105. The fourth-order valence-corrected chi connectivity index (χ4v) is 9.29. The van der Waals surface area contributed by atoms with E-state index in [-0.39, 0.29) is 44.8 Å². The molecule has 10 atom stereocenters. The van der Waals surface area contributed by atoms with Crippen molar-refractivity contribution in [1.82, 2.24) is 4.90 Å². The van der Waals surface area contributed by atoms with E-state index in [0.717, 1.165) is 11.1 Å². The second-order valence-electron chi connectivity index (χ2n) is 15.1. The van der Waals surface area contributed by atoms with Gasteiger partial charge in [0.15, 0.2) is 5.79 Å². The molecule has 5 N–H and O–H groups in total. The Labute approximate surface area is 297 Å². The van der Waals surface area contributed by atoms with Crippen LogP contribution >= 0.6 is 0 Å². The molecule has 2 aliphatic carbocycles. The van der Waals surface area contributed by atoms with Gasteiger partial charge in [0.2, 0.25) is 0 Å². The minimum absolute atomic E-state index is 0.0282. The van der Waals surface area contributed by atoms with Gasteiger partial charge in [-0.25, -0.2) is 4.79 Å². The van der Waals surface area contributed by atoms with Crippen molar-refractivity contribution < 1.29 is 58.9 Å². The molecule has 0 aromatic rings. The normalized spacial score (nSPS) is 42.6. The van der Waals surface area contributed by atoms with Crippen LogP contribution < -0.4 is 0 Å². The number of carbonyl (C=O) groups is 3. The summed E-state index contributed by atoms with van der Waals surface area (Å²) >= 11 is 0. The van der Waals surface area contributed by atoms with Crippen LogP contribution in [0, 0.1) is 29.1 Å². The summed E-state index contributed by atoms with van der Waals surface area (Å²) in [6.45, 7) is 5.94. The van der Waals surface area contributed by atoms with E-state index in [1.165, 1.54) is 0 Å². The summed E-state index contributed by atoms with van der Waals surface area (Å²) in [5.74, 6) is -7.32. The Hall–Kier alpha value is -3.17. The van der Waals surface area contributed by atoms with Gasteiger partial charge in [-0.1, -0.05) is 29.9 Å². The maximum absolute atomic E-state index is 14.2. The number of fused-ring (bicyclic) bond motifs is 1. The first-order valence-electron chi connectivity index (χ1n) is 18.0. The van der Waals surface area contributed by atoms with Gasteiger partial charge in [-0.05, 0) is 69.2 Å². The molecule has 4 heterocycles. The average molecular weight is 714 g/mol. The molecule has 13 nitrogen and oxygen atoms in total. The van der Waals surface area contributed by atoms with E-state index in [4.69, 9.17) is 18.9 Å². The average Bonchev–Trinajstić information content (AvgIpc) is 3.65. The molecular weight excluding hydrogens is 662 g/mol. The second kappa shape index (κ2) is 15.1. The van der Waals surface area contributed by atoms with Crippen molar-refractivity contribution >= 4 is 17.9 Å². The third-order valence-corrected chi connectivity index (χ3v) is 11.8. The number of carbonyl (C=O) groups excluding carboxylic acids is 3. The van der Waals surface area contributed by atoms with Crippen LogP contribution in [0.15, 0.2) is 58.7 Å². The standard InChI is InChI=1S/C38H51NO12/c1-21-6-4-8-24(17-41)12-29-32(28(10-21)48-34(44)23(3)16-40)27(35(45)49-29)15-39-14-26(19-43)38(47)37(20-39)33-30(50-36(37)46)13-25(18-42)9-5-7-22(2)11-31(33)51-38/h6-7,12-13,26-33,40-43,47H,3-5,8-11,14-20H2,1-2H3/b21-6+,22-7+,24-12-,25-13-/t26-,27-,28-,29+,30+,31-,32+,33-,37-,38-/m0/s1. The minimum atomic E-state index is -2.07. The highest BCUT2D eigenvalue weighted by Gasteiger charge is 2.79. The second-order valence-corrected chi connectivity index (χ2v) is 15.1. The molecule has 0 amide bonds. The van der Waals surface area contributed by atoms with Crippen LogP contribution in [-0.2, 0) is 33.3 Å². The van der Waals surface area contributed by atoms with Gasteiger partial charge in [0.1, 0.15) is 23.7 Å². The van der Waals surface area contributed by atoms with Crippen LogP contribution in [0.2, 0.25) is 0 Å². The van der Waals surface area contributed by atoms with Crippen LogP contribution in [0.3, 0.4) is 0 Å². The molecule has 0 bridgehead atoms. The number of ether oxygens (including phenoxy) is 4. The van der Waals surface area contributed by atoms with Crippen molar-refractivity contribution in [2.45, 2.75) is 82.6 Å². The first-order valence-corrected chi connectivity index (χ1v) is 18.0. The van der Waals surface area contributed by atoms with Crippen molar-refractivity contribution in [2.24, 2.45) is 29.1 Å². The van der Waals surface area contributed by atoms with Gasteiger partial charge in [-0.2, -0.15) is 0 Å². The van der Waals surface area contributed by atoms with Crippen molar-refractivity contribution in [2.75, 3.05) is 46.1 Å². The molecule has 51 heavy (non-hydrogen) atoms. The maximum atomic E-state index is 14.2. The monoisotopic (exact) mass is 713 g/mol. The first-order chi connectivity index (χ1) is 24.4. The van der Waals surface area contributed by atoms with E-state index >= 15 is 0 Å². The molecular formula is C38H51NO12. The van der Waals surface area contributed by atoms with Crippen molar-refractivity contribution in [3.8, 4) is 0 Å². The highest BCUT2D eigenvalue weighted by Crippen LogP contribution is 2.62. The lowest BCUT2D eigenvalue weighted by Crippen LogP contribution is -2.68. The topological polar surface area (TPSA) is 193 Å². The Bertz CT molecular complexity index is 1530. The third kappa shape index (κ3) is 6.78. The van der Waals surface area contributed by atoms with E-state index in [9.17, 15) is 39.9 Å². The van der Waals surface area contributed by atoms with Gasteiger partial charge in [-0.3, -0.25) is 9.59 Å². The Morgan fingerprint density at radius 3 is 2.25 bits per heavy atom. The van der Waals surface area contributed by atoms with Gasteiger partial charge in [0, 0.05) is 37.9 Å². The summed E-state index contributed by atoms with van der Waals surface area (Å²) in [6, 6.07) is 0. The summed E-state index contributed by atoms with van der Waals surface area (Å²) in [6.07, 6.45) is 7.55. The van der Waals surface area contributed by atoms with Crippen molar-refractivity contribution in [3.63, 3.8) is 0 Å². The number of likely N-dealkylation sites (tertiary alicyclic amines) is 1. The molecule has 4 aliphatic heterocycles. The number of hydrogen-bond acceptors (Lipinski definition) is 13. The van der Waals surface area contributed by atoms with E-state index in [1.54, 1.807) is 12.2 Å². The molecule has 1 spiro atoms. The maximum Gasteiger partial charge on any atom is 0.336 e. The van der Waals surface area contributed by atoms with Crippen LogP contribution in [0.1, 0.15) is 52.4 Å². The van der Waals surface area contributed by atoms with Crippen LogP contribution in [0.4, 0.5) is 0 Å². The molecule has 0 unspecified atom stereocenters. The zero-order valence-electron chi connectivity index (χ0n) is 29.4. The SMILES string of the molecule is C=C(CO)C(=O)O[C@H]1C/C(C)=C/CC/C(CO)=C/[C@H]2OC(=O)[C@@H](CN3C[C@@H](CO)[C@]4(O)O[C@H]5C/C(C)=C/CC/C(CO)=C/[C@H]6OC(=O)[C@]4(C3)[C@H]56)[C@H]12. The third-order valence-electron chi connectivity index (χ3n) is 11.8. The van der Waals surface area contributed by atoms with Gasteiger partial charge in [-0.15, -0.1) is 0 Å². The molecule has 0 aromatic heterocycles. The summed E-state index contributed by atoms with van der Waals surface area (Å²) in [7, 11) is 0. The molecule has 6 aliphatic rings. The van der Waals surface area contributed by atoms with Gasteiger partial charge in [0.05, 0.1) is 49.9 Å². The van der Waals surface area contributed by atoms with Crippen LogP contribution in [-0.4, -0.2) is 125 Å². The fourth-order valence-electron chi connectivity index (χ4n) is 9.29. The molecule has 280 valence electrons. The summed E-state index contributed by atoms with van der Waals surface area (Å²) in [5.41, 5.74) is 1.52. The lowest BCUT2D eigenvalue weighted by molar-refractivity contribution is -0.293. The van der Waals surface area contributed by atoms with E-state index in [1.807, 2.05) is 24.8 Å². The van der Waals surface area contributed by atoms with Gasteiger partial charge in [0.25, 0.3) is 0 Å². The molecule has 6 rings (SSSR count). The number of aliphatic hydroxyl groups excluding tert-OH is 4. The lowest BCUT2D eigenvalue weighted by atomic mass is 9.62. The smallest absolute Gasteiger partial charge is 0.336 e. The number of nitrogens with zero attached hydrogens (tertiary/aromatic N) is 1. The highest BCUT2D eigenvalue weighted by atomic mass is 16.7. The number of rotatable bonds is 8. The Morgan fingerprint density at radius 2 is 1.63 bits per heavy atom.